The van der Waals surface area contributed by atoms with Crippen molar-refractivity contribution in [3.63, 3.8) is 0 Å². The van der Waals surface area contributed by atoms with Crippen molar-refractivity contribution >= 4 is 0 Å². The lowest BCUT2D eigenvalue weighted by Crippen LogP contribution is -2.33. The second kappa shape index (κ2) is 8.02. The first kappa shape index (κ1) is 17.7. The van der Waals surface area contributed by atoms with Gasteiger partial charge >= 0.3 is 0 Å². The molecule has 0 aliphatic carbocycles. The predicted octanol–water partition coefficient (Wildman–Crippen LogP) is 6.47. The molecule has 0 rings (SSSR count). The Balaban J connectivity index is 5.14. The standard InChI is InChI=1S/C18H36/c1-9-12-15(5)18(8,13-10-2)17(7)16(6)14(4)11-3/h12,14,16-17H,9-11,13H2,1-8H3. The first-order valence-corrected chi connectivity index (χ1v) is 8.02. The summed E-state index contributed by atoms with van der Waals surface area (Å²) < 4.78 is 0. The van der Waals surface area contributed by atoms with E-state index < -0.39 is 0 Å². The molecule has 0 spiro atoms. The number of rotatable bonds is 8. The predicted molar refractivity (Wildman–Crippen MR) is 84.8 cm³/mol. The lowest BCUT2D eigenvalue weighted by Gasteiger charge is -2.42. The summed E-state index contributed by atoms with van der Waals surface area (Å²) in [5, 5.41) is 0. The van der Waals surface area contributed by atoms with Gasteiger partial charge in [-0.25, -0.2) is 0 Å². The van der Waals surface area contributed by atoms with Gasteiger partial charge in [0.1, 0.15) is 0 Å². The Morgan fingerprint density at radius 2 is 1.67 bits per heavy atom. The van der Waals surface area contributed by atoms with Gasteiger partial charge in [-0.1, -0.05) is 73.0 Å². The molecule has 0 aliphatic rings. The summed E-state index contributed by atoms with van der Waals surface area (Å²) in [5.41, 5.74) is 1.99. The van der Waals surface area contributed by atoms with E-state index >= 15 is 0 Å². The normalized spacial score (nSPS) is 21.2. The van der Waals surface area contributed by atoms with E-state index in [4.69, 9.17) is 0 Å². The van der Waals surface area contributed by atoms with Crippen molar-refractivity contribution in [1.82, 2.24) is 0 Å². The monoisotopic (exact) mass is 252 g/mol. The highest BCUT2D eigenvalue weighted by Crippen LogP contribution is 2.45. The van der Waals surface area contributed by atoms with E-state index in [1.165, 1.54) is 19.3 Å². The molecule has 0 N–H and O–H groups in total. The van der Waals surface area contributed by atoms with Gasteiger partial charge in [-0.2, -0.15) is 0 Å². The highest BCUT2D eigenvalue weighted by Gasteiger charge is 2.36. The van der Waals surface area contributed by atoms with Crippen molar-refractivity contribution in [2.24, 2.45) is 23.2 Å². The van der Waals surface area contributed by atoms with Gasteiger partial charge in [0.05, 0.1) is 0 Å². The molecule has 0 amide bonds. The van der Waals surface area contributed by atoms with Crippen LogP contribution in [-0.4, -0.2) is 0 Å². The molecule has 0 nitrogen and oxygen atoms in total. The average Bonchev–Trinajstić information content (AvgIpc) is 2.36. The van der Waals surface area contributed by atoms with Gasteiger partial charge in [-0.05, 0) is 42.9 Å². The van der Waals surface area contributed by atoms with Crippen molar-refractivity contribution in [3.05, 3.63) is 11.6 Å². The maximum absolute atomic E-state index is 2.49. The second-order valence-electron chi connectivity index (χ2n) is 6.50. The fourth-order valence-electron chi connectivity index (χ4n) is 3.29. The fourth-order valence-corrected chi connectivity index (χ4v) is 3.29. The fraction of sp³-hybridized carbons (Fsp3) is 0.889. The summed E-state index contributed by atoms with van der Waals surface area (Å²) in [6, 6.07) is 0. The van der Waals surface area contributed by atoms with Crippen LogP contribution in [0, 0.1) is 23.2 Å². The van der Waals surface area contributed by atoms with Gasteiger partial charge in [0.25, 0.3) is 0 Å². The largest absolute Gasteiger partial charge is 0.0853 e. The van der Waals surface area contributed by atoms with Crippen LogP contribution in [0.25, 0.3) is 0 Å². The van der Waals surface area contributed by atoms with Crippen LogP contribution in [0.1, 0.15) is 81.1 Å². The molecule has 0 saturated carbocycles. The topological polar surface area (TPSA) is 0 Å². The molecule has 18 heavy (non-hydrogen) atoms. The van der Waals surface area contributed by atoms with Crippen LogP contribution in [0.15, 0.2) is 11.6 Å². The summed E-state index contributed by atoms with van der Waals surface area (Å²) in [6.45, 7) is 19.1. The molecule has 4 unspecified atom stereocenters. The van der Waals surface area contributed by atoms with Crippen molar-refractivity contribution in [3.8, 4) is 0 Å². The molecule has 0 heteroatoms. The van der Waals surface area contributed by atoms with E-state index in [1.807, 2.05) is 0 Å². The van der Waals surface area contributed by atoms with Gasteiger partial charge in [0, 0.05) is 0 Å². The Bertz CT molecular complexity index is 251. The van der Waals surface area contributed by atoms with Crippen LogP contribution in [0.5, 0.6) is 0 Å². The highest BCUT2D eigenvalue weighted by atomic mass is 14.4. The van der Waals surface area contributed by atoms with E-state index in [2.05, 4.69) is 61.5 Å². The Labute approximate surface area is 116 Å². The van der Waals surface area contributed by atoms with Gasteiger partial charge in [-0.3, -0.25) is 0 Å². The molecule has 0 fully saturated rings. The number of hydrogen-bond acceptors (Lipinski definition) is 0. The van der Waals surface area contributed by atoms with E-state index in [-0.39, 0.29) is 0 Å². The van der Waals surface area contributed by atoms with Crippen LogP contribution in [0.2, 0.25) is 0 Å². The van der Waals surface area contributed by atoms with Gasteiger partial charge in [-0.15, -0.1) is 0 Å². The number of allylic oxidation sites excluding steroid dienone is 2. The summed E-state index contributed by atoms with van der Waals surface area (Å²) in [4.78, 5) is 0. The first-order valence-electron chi connectivity index (χ1n) is 8.02. The zero-order chi connectivity index (χ0) is 14.3. The summed E-state index contributed by atoms with van der Waals surface area (Å²) in [5.74, 6) is 2.38. The molecular formula is C18H36. The van der Waals surface area contributed by atoms with Crippen LogP contribution < -0.4 is 0 Å². The lowest BCUT2D eigenvalue weighted by atomic mass is 9.63. The van der Waals surface area contributed by atoms with Crippen molar-refractivity contribution in [1.29, 1.82) is 0 Å². The van der Waals surface area contributed by atoms with Gasteiger partial charge in [0.15, 0.2) is 0 Å². The maximum Gasteiger partial charge on any atom is -0.00910 e. The molecule has 0 heterocycles. The second-order valence-corrected chi connectivity index (χ2v) is 6.50. The molecule has 0 radical (unpaired) electrons. The van der Waals surface area contributed by atoms with Gasteiger partial charge < -0.3 is 0 Å². The van der Waals surface area contributed by atoms with E-state index in [0.29, 0.717) is 5.41 Å². The van der Waals surface area contributed by atoms with Crippen LogP contribution in [0.4, 0.5) is 0 Å². The zero-order valence-corrected chi connectivity index (χ0v) is 14.1. The molecule has 108 valence electrons. The van der Waals surface area contributed by atoms with Crippen molar-refractivity contribution < 1.29 is 0 Å². The maximum atomic E-state index is 2.49. The molecular weight excluding hydrogens is 216 g/mol. The minimum absolute atomic E-state index is 0.383. The summed E-state index contributed by atoms with van der Waals surface area (Å²) in [7, 11) is 0. The first-order chi connectivity index (χ1) is 8.34. The molecule has 0 aromatic carbocycles. The highest BCUT2D eigenvalue weighted by molar-refractivity contribution is 5.12. The molecule has 0 aromatic rings. The third-order valence-corrected chi connectivity index (χ3v) is 5.52. The third-order valence-electron chi connectivity index (χ3n) is 5.52. The lowest BCUT2D eigenvalue weighted by molar-refractivity contribution is 0.131. The molecule has 0 bridgehead atoms. The number of hydrogen-bond donors (Lipinski definition) is 0. The van der Waals surface area contributed by atoms with Gasteiger partial charge in [0.2, 0.25) is 0 Å². The molecule has 0 saturated heterocycles. The van der Waals surface area contributed by atoms with E-state index in [1.54, 1.807) is 5.57 Å². The molecule has 0 aromatic heterocycles. The van der Waals surface area contributed by atoms with Crippen molar-refractivity contribution in [2.75, 3.05) is 0 Å². The quantitative estimate of drug-likeness (QED) is 0.434. The smallest absolute Gasteiger partial charge is 0.00910 e. The Kier molecular flexibility index (Phi) is 7.90. The van der Waals surface area contributed by atoms with E-state index in [9.17, 15) is 0 Å². The third kappa shape index (κ3) is 4.14. The van der Waals surface area contributed by atoms with Crippen LogP contribution >= 0.6 is 0 Å². The minimum atomic E-state index is 0.383. The van der Waals surface area contributed by atoms with Crippen LogP contribution in [-0.2, 0) is 0 Å². The SMILES string of the molecule is CCC=C(C)C(C)(CCC)C(C)C(C)C(C)CC. The average molecular weight is 252 g/mol. The summed E-state index contributed by atoms with van der Waals surface area (Å²) >= 11 is 0. The Morgan fingerprint density at radius 1 is 1.11 bits per heavy atom. The Hall–Kier alpha value is -0.260. The molecule has 0 aliphatic heterocycles. The Morgan fingerprint density at radius 3 is 2.06 bits per heavy atom. The van der Waals surface area contributed by atoms with E-state index in [0.717, 1.165) is 24.2 Å². The summed E-state index contributed by atoms with van der Waals surface area (Å²) in [6.07, 6.45) is 7.50. The van der Waals surface area contributed by atoms with Crippen LogP contribution in [0.3, 0.4) is 0 Å². The van der Waals surface area contributed by atoms with Crippen molar-refractivity contribution in [2.45, 2.75) is 81.1 Å². The zero-order valence-electron chi connectivity index (χ0n) is 14.1. The minimum Gasteiger partial charge on any atom is -0.0853 e. The molecule has 4 atom stereocenters.